The van der Waals surface area contributed by atoms with Gasteiger partial charge in [-0.1, -0.05) is 55.4 Å². The molecule has 0 aliphatic rings. The number of rotatable bonds is 8. The van der Waals surface area contributed by atoms with Crippen molar-refractivity contribution in [1.82, 2.24) is 15.4 Å². The lowest BCUT2D eigenvalue weighted by Gasteiger charge is -2.30. The molecule has 6 heteroatoms. The summed E-state index contributed by atoms with van der Waals surface area (Å²) in [5.74, 6) is 0.401. The Labute approximate surface area is 157 Å². The van der Waals surface area contributed by atoms with E-state index in [1.165, 1.54) is 5.56 Å². The number of likely N-dealkylation sites (N-methyl/N-ethyl adjacent to an activating group) is 1. The van der Waals surface area contributed by atoms with Crippen molar-refractivity contribution in [2.75, 3.05) is 19.6 Å². The van der Waals surface area contributed by atoms with Crippen molar-refractivity contribution in [1.29, 1.82) is 0 Å². The van der Waals surface area contributed by atoms with Crippen molar-refractivity contribution in [3.8, 4) is 10.6 Å². The maximum atomic E-state index is 12.5. The summed E-state index contributed by atoms with van der Waals surface area (Å²) in [5, 5.41) is 8.88. The molecule has 3 rings (SSSR count). The van der Waals surface area contributed by atoms with Crippen LogP contribution in [0.1, 0.15) is 35.9 Å². The lowest BCUT2D eigenvalue weighted by Crippen LogP contribution is -2.38. The minimum Gasteiger partial charge on any atom is -0.355 e. The van der Waals surface area contributed by atoms with Crippen molar-refractivity contribution >= 4 is 17.2 Å². The highest BCUT2D eigenvalue weighted by Crippen LogP contribution is 2.25. The number of aromatic nitrogens is 1. The van der Waals surface area contributed by atoms with Crippen LogP contribution in [0.25, 0.3) is 10.6 Å². The average molecular weight is 369 g/mol. The van der Waals surface area contributed by atoms with E-state index in [1.54, 1.807) is 17.4 Å². The first kappa shape index (κ1) is 18.4. The Morgan fingerprint density at radius 3 is 2.62 bits per heavy atom. The van der Waals surface area contributed by atoms with Crippen LogP contribution < -0.4 is 5.32 Å². The van der Waals surface area contributed by atoms with Crippen LogP contribution in [0.2, 0.25) is 0 Å². The number of nitrogens with one attached hydrogen (secondary N) is 1. The van der Waals surface area contributed by atoms with E-state index >= 15 is 0 Å². The highest BCUT2D eigenvalue weighted by molar-refractivity contribution is 7.13. The highest BCUT2D eigenvalue weighted by atomic mass is 32.1. The molecule has 1 aromatic carbocycles. The second-order valence-electron chi connectivity index (χ2n) is 5.91. The van der Waals surface area contributed by atoms with Crippen molar-refractivity contribution < 1.29 is 9.32 Å². The topological polar surface area (TPSA) is 58.4 Å². The molecule has 0 radical (unpaired) electrons. The molecule has 0 aliphatic carbocycles. The average Bonchev–Trinajstić information content (AvgIpc) is 3.37. The van der Waals surface area contributed by atoms with E-state index in [-0.39, 0.29) is 11.9 Å². The normalized spacial score (nSPS) is 12.3. The molecule has 3 aromatic rings. The Kier molecular flexibility index (Phi) is 6.20. The van der Waals surface area contributed by atoms with Gasteiger partial charge in [-0.15, -0.1) is 11.3 Å². The summed E-state index contributed by atoms with van der Waals surface area (Å²) in [7, 11) is 0. The molecular formula is C20H23N3O2S. The fourth-order valence-electron chi connectivity index (χ4n) is 2.99. The van der Waals surface area contributed by atoms with Gasteiger partial charge in [0.2, 0.25) is 0 Å². The molecule has 0 saturated heterocycles. The van der Waals surface area contributed by atoms with Gasteiger partial charge in [0.15, 0.2) is 11.5 Å². The van der Waals surface area contributed by atoms with Crippen molar-refractivity contribution in [3.63, 3.8) is 0 Å². The summed E-state index contributed by atoms with van der Waals surface area (Å²) in [6, 6.07) is 15.9. The molecule has 26 heavy (non-hydrogen) atoms. The number of hydrogen-bond donors (Lipinski definition) is 1. The molecule has 136 valence electrons. The first-order valence-corrected chi connectivity index (χ1v) is 9.68. The van der Waals surface area contributed by atoms with E-state index in [0.29, 0.717) is 18.0 Å². The number of benzene rings is 1. The van der Waals surface area contributed by atoms with Crippen LogP contribution in [-0.4, -0.2) is 35.6 Å². The first-order valence-electron chi connectivity index (χ1n) is 8.80. The molecule has 0 saturated carbocycles. The molecule has 1 amide bonds. The van der Waals surface area contributed by atoms with E-state index in [9.17, 15) is 4.79 Å². The van der Waals surface area contributed by atoms with Crippen LogP contribution >= 0.6 is 11.3 Å². The number of hydrogen-bond acceptors (Lipinski definition) is 5. The Morgan fingerprint density at radius 1 is 1.19 bits per heavy atom. The summed E-state index contributed by atoms with van der Waals surface area (Å²) in [6.45, 7) is 6.61. The van der Waals surface area contributed by atoms with Gasteiger partial charge in [0.1, 0.15) is 0 Å². The Hall–Kier alpha value is -2.44. The Bertz CT molecular complexity index is 811. The minimum absolute atomic E-state index is 0.124. The predicted octanol–water partition coefficient (Wildman–Crippen LogP) is 4.22. The van der Waals surface area contributed by atoms with Crippen LogP contribution in [0, 0.1) is 0 Å². The summed E-state index contributed by atoms with van der Waals surface area (Å²) >= 11 is 1.55. The molecule has 0 aliphatic heterocycles. The fraction of sp³-hybridized carbons (Fsp3) is 0.300. The lowest BCUT2D eigenvalue weighted by molar-refractivity contribution is 0.0926. The van der Waals surface area contributed by atoms with E-state index in [1.807, 2.05) is 35.7 Å². The van der Waals surface area contributed by atoms with Gasteiger partial charge in [-0.05, 0) is 30.1 Å². The second-order valence-corrected chi connectivity index (χ2v) is 6.86. The van der Waals surface area contributed by atoms with Crippen molar-refractivity contribution in [2.24, 2.45) is 0 Å². The molecular weight excluding hydrogens is 346 g/mol. The number of carbonyl (C=O) groups excluding carboxylic acids is 1. The zero-order chi connectivity index (χ0) is 18.4. The van der Waals surface area contributed by atoms with Gasteiger partial charge in [0.25, 0.3) is 5.91 Å². The maximum absolute atomic E-state index is 12.5. The molecule has 5 nitrogen and oxygen atoms in total. The largest absolute Gasteiger partial charge is 0.355 e. The van der Waals surface area contributed by atoms with Crippen molar-refractivity contribution in [3.05, 3.63) is 65.2 Å². The van der Waals surface area contributed by atoms with Gasteiger partial charge in [0.05, 0.1) is 10.9 Å². The molecule has 2 heterocycles. The molecule has 0 spiro atoms. The predicted molar refractivity (Wildman–Crippen MR) is 104 cm³/mol. The standard InChI is InChI=1S/C20H23N3O2S/c1-3-23(4-2)17(15-9-6-5-7-10-15)14-21-20(24)16-13-18(25-22-16)19-11-8-12-26-19/h5-13,17H,3-4,14H2,1-2H3,(H,21,24)/t17-/m0/s1. The number of amides is 1. The molecule has 1 N–H and O–H groups in total. The smallest absolute Gasteiger partial charge is 0.273 e. The van der Waals surface area contributed by atoms with Crippen LogP contribution in [0.15, 0.2) is 58.4 Å². The zero-order valence-corrected chi connectivity index (χ0v) is 15.8. The molecule has 0 bridgehead atoms. The third-order valence-corrected chi connectivity index (χ3v) is 5.28. The SMILES string of the molecule is CCN(CC)[C@@H](CNC(=O)c1cc(-c2cccs2)on1)c1ccccc1. The van der Waals surface area contributed by atoms with E-state index in [2.05, 4.69) is 41.4 Å². The van der Waals surface area contributed by atoms with E-state index in [0.717, 1.165) is 18.0 Å². The molecule has 0 fully saturated rings. The van der Waals surface area contributed by atoms with E-state index in [4.69, 9.17) is 4.52 Å². The fourth-order valence-corrected chi connectivity index (χ4v) is 3.67. The van der Waals surface area contributed by atoms with Gasteiger partial charge in [-0.3, -0.25) is 9.69 Å². The lowest BCUT2D eigenvalue weighted by atomic mass is 10.1. The van der Waals surface area contributed by atoms with Crippen LogP contribution in [0.3, 0.4) is 0 Å². The zero-order valence-electron chi connectivity index (χ0n) is 15.0. The van der Waals surface area contributed by atoms with Gasteiger partial charge in [-0.2, -0.15) is 0 Å². The third kappa shape index (κ3) is 4.20. The van der Waals surface area contributed by atoms with Gasteiger partial charge < -0.3 is 9.84 Å². The second kappa shape index (κ2) is 8.78. The monoisotopic (exact) mass is 369 g/mol. The maximum Gasteiger partial charge on any atom is 0.273 e. The minimum atomic E-state index is -0.218. The molecule has 2 aromatic heterocycles. The van der Waals surface area contributed by atoms with Crippen LogP contribution in [0.4, 0.5) is 0 Å². The summed E-state index contributed by atoms with van der Waals surface area (Å²) < 4.78 is 5.30. The van der Waals surface area contributed by atoms with Crippen LogP contribution in [0.5, 0.6) is 0 Å². The Morgan fingerprint density at radius 2 is 1.96 bits per heavy atom. The highest BCUT2D eigenvalue weighted by Gasteiger charge is 2.20. The van der Waals surface area contributed by atoms with Gasteiger partial charge >= 0.3 is 0 Å². The van der Waals surface area contributed by atoms with Gasteiger partial charge in [0, 0.05) is 12.6 Å². The summed E-state index contributed by atoms with van der Waals surface area (Å²) in [6.07, 6.45) is 0. The number of carbonyl (C=O) groups is 1. The van der Waals surface area contributed by atoms with Gasteiger partial charge in [-0.25, -0.2) is 0 Å². The van der Waals surface area contributed by atoms with Crippen LogP contribution in [-0.2, 0) is 0 Å². The first-order chi connectivity index (χ1) is 12.7. The number of nitrogens with zero attached hydrogens (tertiary/aromatic N) is 2. The quantitative estimate of drug-likeness (QED) is 0.646. The van der Waals surface area contributed by atoms with Crippen molar-refractivity contribution in [2.45, 2.75) is 19.9 Å². The third-order valence-electron chi connectivity index (χ3n) is 4.40. The molecule has 1 atom stereocenters. The summed E-state index contributed by atoms with van der Waals surface area (Å²) in [5.41, 5.74) is 1.50. The molecule has 0 unspecified atom stereocenters. The van der Waals surface area contributed by atoms with E-state index < -0.39 is 0 Å². The number of thiophene rings is 1. The summed E-state index contributed by atoms with van der Waals surface area (Å²) in [4.78, 5) is 15.8. The Balaban J connectivity index is 1.69.